The maximum Gasteiger partial charge on any atom is 0.296 e. The first-order chi connectivity index (χ1) is 10.3. The number of nitrogens with one attached hydrogen (secondary N) is 1. The maximum absolute atomic E-state index is 6.09. The summed E-state index contributed by atoms with van der Waals surface area (Å²) in [4.78, 5) is 4.45. The average Bonchev–Trinajstić information content (AvgIpc) is 2.90. The first kappa shape index (κ1) is 12.5. The van der Waals surface area contributed by atoms with E-state index in [-0.39, 0.29) is 6.04 Å². The van der Waals surface area contributed by atoms with Gasteiger partial charge in [0, 0.05) is 17.0 Å². The molecule has 0 spiro atoms. The van der Waals surface area contributed by atoms with Gasteiger partial charge in [0.1, 0.15) is 11.3 Å². The third-order valence-corrected chi connectivity index (χ3v) is 3.84. The van der Waals surface area contributed by atoms with Gasteiger partial charge in [0.15, 0.2) is 5.58 Å². The first-order valence-electron chi connectivity index (χ1n) is 6.84. The lowest BCUT2D eigenvalue weighted by Crippen LogP contribution is -2.20. The fourth-order valence-electron chi connectivity index (χ4n) is 2.60. The average molecular weight is 301 g/mol. The minimum atomic E-state index is 0.0838. The van der Waals surface area contributed by atoms with Crippen molar-refractivity contribution >= 4 is 28.7 Å². The van der Waals surface area contributed by atoms with Crippen LogP contribution in [0.5, 0.6) is 5.75 Å². The van der Waals surface area contributed by atoms with Crippen LogP contribution < -0.4 is 10.1 Å². The van der Waals surface area contributed by atoms with Crippen LogP contribution in [0, 0.1) is 0 Å². The highest BCUT2D eigenvalue weighted by Gasteiger charge is 2.23. The summed E-state index contributed by atoms with van der Waals surface area (Å²) in [7, 11) is 0. The first-order valence-corrected chi connectivity index (χ1v) is 7.22. The summed E-state index contributed by atoms with van der Waals surface area (Å²) in [6.45, 7) is 0.659. The number of anilines is 1. The van der Waals surface area contributed by atoms with Gasteiger partial charge in [-0.25, -0.2) is 0 Å². The molecule has 4 nitrogen and oxygen atoms in total. The van der Waals surface area contributed by atoms with Gasteiger partial charge in [-0.3, -0.25) is 0 Å². The number of aromatic nitrogens is 1. The molecule has 0 saturated carbocycles. The smallest absolute Gasteiger partial charge is 0.296 e. The lowest BCUT2D eigenvalue weighted by molar-refractivity contribution is 0.273. The molecule has 1 aliphatic rings. The lowest BCUT2D eigenvalue weighted by Gasteiger charge is -2.26. The summed E-state index contributed by atoms with van der Waals surface area (Å²) in [6, 6.07) is 14.0. The van der Waals surface area contributed by atoms with Gasteiger partial charge in [-0.1, -0.05) is 23.7 Å². The van der Waals surface area contributed by atoms with Crippen molar-refractivity contribution in [3.05, 3.63) is 53.1 Å². The minimum Gasteiger partial charge on any atom is -0.493 e. The predicted molar refractivity (Wildman–Crippen MR) is 81.9 cm³/mol. The molecule has 2 aromatic carbocycles. The molecule has 2 heterocycles. The van der Waals surface area contributed by atoms with E-state index in [1.54, 1.807) is 0 Å². The summed E-state index contributed by atoms with van der Waals surface area (Å²) < 4.78 is 11.4. The number of hydrogen-bond donors (Lipinski definition) is 1. The minimum absolute atomic E-state index is 0.0838. The second-order valence-corrected chi connectivity index (χ2v) is 5.44. The van der Waals surface area contributed by atoms with Crippen molar-refractivity contribution in [2.75, 3.05) is 11.9 Å². The normalized spacial score (nSPS) is 17.3. The highest BCUT2D eigenvalue weighted by Crippen LogP contribution is 2.36. The van der Waals surface area contributed by atoms with Crippen LogP contribution in [0.3, 0.4) is 0 Å². The van der Waals surface area contributed by atoms with Gasteiger partial charge in [0.2, 0.25) is 0 Å². The number of hydrogen-bond acceptors (Lipinski definition) is 4. The monoisotopic (exact) mass is 300 g/mol. The summed E-state index contributed by atoms with van der Waals surface area (Å²) >= 11 is 6.09. The SMILES string of the molecule is Clc1ccc2c(c1)C(Nc1nc3ccccc3o1)CCO2. The number of para-hydroxylation sites is 2. The Morgan fingerprint density at radius 1 is 1.19 bits per heavy atom. The topological polar surface area (TPSA) is 47.3 Å². The van der Waals surface area contributed by atoms with Gasteiger partial charge < -0.3 is 14.5 Å². The Bertz CT molecular complexity index is 767. The second kappa shape index (κ2) is 4.97. The van der Waals surface area contributed by atoms with Crippen molar-refractivity contribution in [1.29, 1.82) is 0 Å². The van der Waals surface area contributed by atoms with Crippen LogP contribution in [-0.2, 0) is 0 Å². The molecule has 21 heavy (non-hydrogen) atoms. The van der Waals surface area contributed by atoms with E-state index in [1.165, 1.54) is 0 Å². The molecule has 1 unspecified atom stereocenters. The van der Waals surface area contributed by atoms with Crippen LogP contribution >= 0.6 is 11.6 Å². The molecule has 106 valence electrons. The number of oxazole rings is 1. The largest absolute Gasteiger partial charge is 0.493 e. The van der Waals surface area contributed by atoms with Crippen molar-refractivity contribution in [3.63, 3.8) is 0 Å². The Labute approximate surface area is 126 Å². The molecule has 1 aromatic heterocycles. The molecular weight excluding hydrogens is 288 g/mol. The molecule has 5 heteroatoms. The van der Waals surface area contributed by atoms with Crippen LogP contribution in [-0.4, -0.2) is 11.6 Å². The summed E-state index contributed by atoms with van der Waals surface area (Å²) in [5.74, 6) is 0.860. The summed E-state index contributed by atoms with van der Waals surface area (Å²) in [6.07, 6.45) is 0.839. The molecule has 0 fully saturated rings. The van der Waals surface area contributed by atoms with Crippen molar-refractivity contribution in [3.8, 4) is 5.75 Å². The molecular formula is C16H13ClN2O2. The van der Waals surface area contributed by atoms with Crippen molar-refractivity contribution in [1.82, 2.24) is 4.98 Å². The lowest BCUT2D eigenvalue weighted by atomic mass is 10.0. The Kier molecular flexibility index (Phi) is 2.97. The summed E-state index contributed by atoms with van der Waals surface area (Å²) in [5.41, 5.74) is 2.66. The van der Waals surface area contributed by atoms with Gasteiger partial charge in [-0.2, -0.15) is 4.98 Å². The van der Waals surface area contributed by atoms with Crippen molar-refractivity contribution in [2.24, 2.45) is 0 Å². The van der Waals surface area contributed by atoms with E-state index < -0.39 is 0 Å². The maximum atomic E-state index is 6.09. The third kappa shape index (κ3) is 2.32. The van der Waals surface area contributed by atoms with E-state index in [0.717, 1.165) is 28.8 Å². The highest BCUT2D eigenvalue weighted by atomic mass is 35.5. The summed E-state index contributed by atoms with van der Waals surface area (Å²) in [5, 5.41) is 4.04. The van der Waals surface area contributed by atoms with Crippen molar-refractivity contribution in [2.45, 2.75) is 12.5 Å². The fourth-order valence-corrected chi connectivity index (χ4v) is 2.78. The predicted octanol–water partition coefficient (Wildman–Crippen LogP) is 4.42. The molecule has 0 saturated heterocycles. The standard InChI is InChI=1S/C16H13ClN2O2/c17-10-5-6-14-11(9-10)12(7-8-20-14)18-16-19-13-3-1-2-4-15(13)21-16/h1-6,9,12H,7-8H2,(H,18,19). The molecule has 0 bridgehead atoms. The van der Waals surface area contributed by atoms with Crippen molar-refractivity contribution < 1.29 is 9.15 Å². The second-order valence-electron chi connectivity index (χ2n) is 5.00. The zero-order chi connectivity index (χ0) is 14.2. The van der Waals surface area contributed by atoms with E-state index in [0.29, 0.717) is 17.6 Å². The van der Waals surface area contributed by atoms with E-state index in [4.69, 9.17) is 20.8 Å². The Balaban J connectivity index is 1.67. The van der Waals surface area contributed by atoms with E-state index in [9.17, 15) is 0 Å². The van der Waals surface area contributed by atoms with Crippen LogP contribution in [0.1, 0.15) is 18.0 Å². The van der Waals surface area contributed by atoms with Gasteiger partial charge in [-0.15, -0.1) is 0 Å². The molecule has 1 atom stereocenters. The number of fused-ring (bicyclic) bond motifs is 2. The zero-order valence-electron chi connectivity index (χ0n) is 11.2. The Morgan fingerprint density at radius 3 is 3.00 bits per heavy atom. The third-order valence-electron chi connectivity index (χ3n) is 3.60. The number of ether oxygens (including phenoxy) is 1. The number of nitrogens with zero attached hydrogens (tertiary/aromatic N) is 1. The number of halogens is 1. The number of benzene rings is 2. The van der Waals surface area contributed by atoms with E-state index in [1.807, 2.05) is 42.5 Å². The van der Waals surface area contributed by atoms with Gasteiger partial charge >= 0.3 is 0 Å². The Morgan fingerprint density at radius 2 is 2.10 bits per heavy atom. The van der Waals surface area contributed by atoms with Crippen LogP contribution in [0.25, 0.3) is 11.1 Å². The highest BCUT2D eigenvalue weighted by molar-refractivity contribution is 6.30. The molecule has 3 aromatic rings. The zero-order valence-corrected chi connectivity index (χ0v) is 11.9. The molecule has 4 rings (SSSR count). The van der Waals surface area contributed by atoms with Gasteiger partial charge in [0.05, 0.1) is 12.6 Å². The fraction of sp³-hybridized carbons (Fsp3) is 0.188. The molecule has 0 amide bonds. The van der Waals surface area contributed by atoms with Crippen LogP contribution in [0.4, 0.5) is 6.01 Å². The molecule has 1 N–H and O–H groups in total. The van der Waals surface area contributed by atoms with Gasteiger partial charge in [-0.05, 0) is 30.3 Å². The molecule has 1 aliphatic heterocycles. The molecule has 0 radical (unpaired) electrons. The Hall–Kier alpha value is -2.20. The van der Waals surface area contributed by atoms with Crippen LogP contribution in [0.15, 0.2) is 46.9 Å². The number of rotatable bonds is 2. The van der Waals surface area contributed by atoms with Crippen LogP contribution in [0.2, 0.25) is 5.02 Å². The van der Waals surface area contributed by atoms with E-state index in [2.05, 4.69) is 10.3 Å². The van der Waals surface area contributed by atoms with E-state index >= 15 is 0 Å². The molecule has 0 aliphatic carbocycles. The quantitative estimate of drug-likeness (QED) is 0.761. The van der Waals surface area contributed by atoms with Gasteiger partial charge in [0.25, 0.3) is 6.01 Å².